The number of rotatable bonds is 9. The summed E-state index contributed by atoms with van der Waals surface area (Å²) in [5.74, 6) is 0.503. The van der Waals surface area contributed by atoms with Gasteiger partial charge in [-0.05, 0) is 60.0 Å². The predicted octanol–water partition coefficient (Wildman–Crippen LogP) is 6.64. The first kappa shape index (κ1) is 26.9. The van der Waals surface area contributed by atoms with E-state index in [2.05, 4.69) is 9.55 Å². The molecule has 1 atom stereocenters. The number of hydrogen-bond donors (Lipinski definition) is 0. The smallest absolute Gasteiger partial charge is 0.337 e. The lowest BCUT2D eigenvalue weighted by Crippen LogP contribution is -2.31. The molecule has 1 fully saturated rings. The van der Waals surface area contributed by atoms with Crippen molar-refractivity contribution in [2.75, 3.05) is 13.7 Å². The van der Waals surface area contributed by atoms with E-state index in [1.54, 1.807) is 24.4 Å². The van der Waals surface area contributed by atoms with Gasteiger partial charge in [0.05, 0.1) is 36.4 Å². The molecule has 5 aromatic rings. The SMILES string of the molecule is COC(=O)c1ccc2nc(Cc3ccc(-c4cccnc4OCc4ccc(Cl)cc4F)cc3)n(C[C@@H]3CCO3)c2c1. The number of hydrogen-bond acceptors (Lipinski definition) is 6. The fraction of sp³-hybridized carbons (Fsp3) is 0.219. The molecule has 0 amide bonds. The molecule has 0 unspecified atom stereocenters. The van der Waals surface area contributed by atoms with Gasteiger partial charge in [0.1, 0.15) is 18.2 Å². The summed E-state index contributed by atoms with van der Waals surface area (Å²) in [7, 11) is 1.38. The highest BCUT2D eigenvalue weighted by atomic mass is 35.5. The lowest BCUT2D eigenvalue weighted by atomic mass is 10.0. The maximum atomic E-state index is 14.2. The molecule has 41 heavy (non-hydrogen) atoms. The lowest BCUT2D eigenvalue weighted by Gasteiger charge is -2.27. The van der Waals surface area contributed by atoms with Gasteiger partial charge in [-0.2, -0.15) is 0 Å². The number of ether oxygens (including phenoxy) is 3. The normalized spacial score (nSPS) is 14.6. The van der Waals surface area contributed by atoms with Crippen LogP contribution in [0.25, 0.3) is 22.2 Å². The van der Waals surface area contributed by atoms with Crippen molar-refractivity contribution >= 4 is 28.6 Å². The van der Waals surface area contributed by atoms with Crippen molar-refractivity contribution in [2.45, 2.75) is 32.1 Å². The number of benzene rings is 3. The molecular formula is C32H27ClFN3O4. The van der Waals surface area contributed by atoms with Gasteiger partial charge < -0.3 is 18.8 Å². The van der Waals surface area contributed by atoms with Crippen LogP contribution in [0.15, 0.2) is 79.0 Å². The van der Waals surface area contributed by atoms with E-state index in [9.17, 15) is 9.18 Å². The molecule has 1 aliphatic heterocycles. The van der Waals surface area contributed by atoms with Gasteiger partial charge in [-0.15, -0.1) is 0 Å². The number of pyridine rings is 1. The van der Waals surface area contributed by atoms with Crippen LogP contribution in [-0.2, 0) is 29.0 Å². The minimum Gasteiger partial charge on any atom is -0.472 e. The summed E-state index contributed by atoms with van der Waals surface area (Å²) in [5.41, 5.74) is 5.38. The van der Waals surface area contributed by atoms with Gasteiger partial charge in [-0.25, -0.2) is 19.2 Å². The Bertz CT molecular complexity index is 1720. The minimum absolute atomic E-state index is 0.0315. The topological polar surface area (TPSA) is 75.5 Å². The van der Waals surface area contributed by atoms with Crippen molar-refractivity contribution in [1.29, 1.82) is 0 Å². The highest BCUT2D eigenvalue weighted by molar-refractivity contribution is 6.30. The van der Waals surface area contributed by atoms with Crippen LogP contribution in [0.5, 0.6) is 5.88 Å². The number of halogens is 2. The quantitative estimate of drug-likeness (QED) is 0.185. The average Bonchev–Trinajstić information content (AvgIpc) is 3.30. The zero-order valence-corrected chi connectivity index (χ0v) is 23.1. The van der Waals surface area contributed by atoms with Gasteiger partial charge in [0, 0.05) is 35.4 Å². The summed E-state index contributed by atoms with van der Waals surface area (Å²) >= 11 is 5.87. The summed E-state index contributed by atoms with van der Waals surface area (Å²) in [4.78, 5) is 21.4. The molecule has 0 radical (unpaired) electrons. The first-order valence-electron chi connectivity index (χ1n) is 13.3. The Labute approximate surface area is 241 Å². The number of aromatic nitrogens is 3. The maximum Gasteiger partial charge on any atom is 0.337 e. The van der Waals surface area contributed by atoms with Crippen LogP contribution >= 0.6 is 11.6 Å². The Morgan fingerprint density at radius 3 is 2.68 bits per heavy atom. The Morgan fingerprint density at radius 2 is 1.95 bits per heavy atom. The molecule has 9 heteroatoms. The molecule has 208 valence electrons. The number of methoxy groups -OCH3 is 1. The van der Waals surface area contributed by atoms with E-state index in [1.165, 1.54) is 13.2 Å². The zero-order valence-electron chi connectivity index (χ0n) is 22.3. The average molecular weight is 572 g/mol. The Hall–Kier alpha value is -4.27. The molecule has 0 spiro atoms. The number of imidazole rings is 1. The van der Waals surface area contributed by atoms with Crippen molar-refractivity contribution < 1.29 is 23.4 Å². The van der Waals surface area contributed by atoms with Crippen molar-refractivity contribution in [3.63, 3.8) is 0 Å². The number of nitrogens with zero attached hydrogens (tertiary/aromatic N) is 3. The van der Waals surface area contributed by atoms with Gasteiger partial charge in [0.2, 0.25) is 5.88 Å². The molecule has 1 saturated heterocycles. The van der Waals surface area contributed by atoms with Crippen LogP contribution in [0, 0.1) is 5.82 Å². The van der Waals surface area contributed by atoms with Crippen LogP contribution in [0.2, 0.25) is 5.02 Å². The third-order valence-electron chi connectivity index (χ3n) is 7.21. The van der Waals surface area contributed by atoms with Gasteiger partial charge in [0.25, 0.3) is 0 Å². The van der Waals surface area contributed by atoms with Crippen molar-refractivity contribution in [3.8, 4) is 17.0 Å². The second kappa shape index (κ2) is 11.7. The molecule has 0 N–H and O–H groups in total. The molecule has 2 aromatic heterocycles. The van der Waals surface area contributed by atoms with Crippen molar-refractivity contribution in [2.24, 2.45) is 0 Å². The molecule has 0 bridgehead atoms. The molecule has 3 heterocycles. The standard InChI is InChI=1S/C32H27ClFN3O4/c1-39-32(38)22-9-11-28-29(16-22)37(18-25-12-14-40-25)30(36-28)15-20-4-6-21(7-5-20)26-3-2-13-35-31(26)41-19-23-8-10-24(33)17-27(23)34/h2-11,13,16-17,25H,12,14-15,18-19H2,1H3/t25-/m0/s1. The van der Waals surface area contributed by atoms with Crippen molar-refractivity contribution in [1.82, 2.24) is 14.5 Å². The number of esters is 1. The summed E-state index contributed by atoms with van der Waals surface area (Å²) in [6.07, 6.45) is 3.36. The zero-order chi connectivity index (χ0) is 28.3. The fourth-order valence-corrected chi connectivity index (χ4v) is 5.04. The minimum atomic E-state index is -0.421. The van der Waals surface area contributed by atoms with Crippen LogP contribution in [-0.4, -0.2) is 40.3 Å². The van der Waals surface area contributed by atoms with E-state index in [0.717, 1.165) is 46.6 Å². The first-order chi connectivity index (χ1) is 20.0. The predicted molar refractivity (Wildman–Crippen MR) is 154 cm³/mol. The summed E-state index contributed by atoms with van der Waals surface area (Å²) in [6.45, 7) is 1.46. The van der Waals surface area contributed by atoms with Crippen molar-refractivity contribution in [3.05, 3.63) is 112 Å². The van der Waals surface area contributed by atoms with Gasteiger partial charge in [-0.1, -0.05) is 41.9 Å². The fourth-order valence-electron chi connectivity index (χ4n) is 4.88. The highest BCUT2D eigenvalue weighted by Crippen LogP contribution is 2.30. The highest BCUT2D eigenvalue weighted by Gasteiger charge is 2.23. The van der Waals surface area contributed by atoms with Crippen LogP contribution in [0.4, 0.5) is 4.39 Å². The first-order valence-corrected chi connectivity index (χ1v) is 13.7. The maximum absolute atomic E-state index is 14.2. The van der Waals surface area contributed by atoms with E-state index in [1.807, 2.05) is 48.5 Å². The second-order valence-electron chi connectivity index (χ2n) is 9.87. The largest absolute Gasteiger partial charge is 0.472 e. The third-order valence-corrected chi connectivity index (χ3v) is 7.44. The Morgan fingerprint density at radius 1 is 1.12 bits per heavy atom. The third kappa shape index (κ3) is 5.80. The second-order valence-corrected chi connectivity index (χ2v) is 10.3. The summed E-state index contributed by atoms with van der Waals surface area (Å²) < 4.78 is 32.9. The van der Waals surface area contributed by atoms with E-state index in [4.69, 9.17) is 30.8 Å². The molecule has 3 aromatic carbocycles. The molecule has 0 saturated carbocycles. The number of fused-ring (bicyclic) bond motifs is 1. The molecule has 1 aliphatic rings. The van der Waals surface area contributed by atoms with Gasteiger partial charge in [0.15, 0.2) is 0 Å². The number of carbonyl (C=O) groups excluding carboxylic acids is 1. The van der Waals surface area contributed by atoms with Crippen LogP contribution in [0.3, 0.4) is 0 Å². The lowest BCUT2D eigenvalue weighted by molar-refractivity contribution is -0.0589. The van der Waals surface area contributed by atoms with Gasteiger partial charge in [-0.3, -0.25) is 0 Å². The summed E-state index contributed by atoms with van der Waals surface area (Å²) in [6, 6.07) is 21.8. The van der Waals surface area contributed by atoms with E-state index < -0.39 is 5.82 Å². The Balaban J connectivity index is 1.24. The van der Waals surface area contributed by atoms with E-state index in [0.29, 0.717) is 35.0 Å². The number of carbonyl (C=O) groups is 1. The van der Waals surface area contributed by atoms with Crippen LogP contribution < -0.4 is 4.74 Å². The molecule has 6 rings (SSSR count). The van der Waals surface area contributed by atoms with E-state index in [-0.39, 0.29) is 18.7 Å². The molecular weight excluding hydrogens is 545 g/mol. The monoisotopic (exact) mass is 571 g/mol. The molecule has 0 aliphatic carbocycles. The van der Waals surface area contributed by atoms with E-state index >= 15 is 0 Å². The van der Waals surface area contributed by atoms with Gasteiger partial charge >= 0.3 is 5.97 Å². The van der Waals surface area contributed by atoms with Crippen LogP contribution in [0.1, 0.15) is 33.7 Å². The molecule has 7 nitrogen and oxygen atoms in total. The Kier molecular flexibility index (Phi) is 7.67. The summed E-state index contributed by atoms with van der Waals surface area (Å²) in [5, 5.41) is 0.336.